The molecule has 1 fully saturated rings. The number of aromatic nitrogens is 1. The molecule has 1 saturated heterocycles. The quantitative estimate of drug-likeness (QED) is 0.877. The van der Waals surface area contributed by atoms with E-state index >= 15 is 0 Å². The van der Waals surface area contributed by atoms with Crippen molar-refractivity contribution in [2.75, 3.05) is 11.9 Å². The fourth-order valence-electron chi connectivity index (χ4n) is 2.77. The second kappa shape index (κ2) is 6.11. The van der Waals surface area contributed by atoms with E-state index in [1.165, 1.54) is 12.3 Å². The van der Waals surface area contributed by atoms with Gasteiger partial charge < -0.3 is 15.3 Å². The highest BCUT2D eigenvalue weighted by molar-refractivity contribution is 5.90. The minimum absolute atomic E-state index is 0.0402. The third-order valence-electron chi connectivity index (χ3n) is 4.09. The first-order valence-corrected chi connectivity index (χ1v) is 7.15. The van der Waals surface area contributed by atoms with Gasteiger partial charge in [0.1, 0.15) is 5.69 Å². The van der Waals surface area contributed by atoms with Crippen LogP contribution in [0.25, 0.3) is 0 Å². The van der Waals surface area contributed by atoms with Crippen molar-refractivity contribution in [3.05, 3.63) is 24.0 Å². The number of piperidine rings is 1. The number of carboxylic acids is 1. The number of rotatable bonds is 2. The topological polar surface area (TPSA) is 82.5 Å². The van der Waals surface area contributed by atoms with Gasteiger partial charge in [-0.25, -0.2) is 14.6 Å². The van der Waals surface area contributed by atoms with Crippen LogP contribution in [-0.4, -0.2) is 39.6 Å². The Labute approximate surface area is 124 Å². The highest BCUT2D eigenvalue weighted by Gasteiger charge is 2.31. The molecule has 0 aliphatic carbocycles. The van der Waals surface area contributed by atoms with Crippen LogP contribution >= 0.6 is 0 Å². The maximum atomic E-state index is 12.4. The third-order valence-corrected chi connectivity index (χ3v) is 4.09. The van der Waals surface area contributed by atoms with Crippen molar-refractivity contribution < 1.29 is 14.7 Å². The smallest absolute Gasteiger partial charge is 0.354 e. The lowest BCUT2D eigenvalue weighted by molar-refractivity contribution is 0.0690. The van der Waals surface area contributed by atoms with E-state index in [0.29, 0.717) is 17.5 Å². The summed E-state index contributed by atoms with van der Waals surface area (Å²) in [5, 5.41) is 11.6. The minimum Gasteiger partial charge on any atom is -0.477 e. The fraction of sp³-hybridized carbons (Fsp3) is 0.533. The number of likely N-dealkylation sites (tertiary alicyclic amines) is 1. The van der Waals surface area contributed by atoms with Crippen molar-refractivity contribution >= 4 is 17.7 Å². The van der Waals surface area contributed by atoms with Crippen LogP contribution in [0.1, 0.15) is 37.7 Å². The standard InChI is InChI=1S/C15H21N3O3/c1-9-6-10(2)11(3)18(8-9)15(21)17-12-4-5-13(14(19)20)16-7-12/h4-5,7,9-11H,6,8H2,1-3H3,(H,17,21)(H,19,20). The number of pyridine rings is 1. The van der Waals surface area contributed by atoms with Crippen molar-refractivity contribution in [2.45, 2.75) is 33.2 Å². The molecule has 0 bridgehead atoms. The zero-order valence-electron chi connectivity index (χ0n) is 12.5. The Balaban J connectivity index is 2.04. The maximum absolute atomic E-state index is 12.4. The molecule has 0 radical (unpaired) electrons. The van der Waals surface area contributed by atoms with Gasteiger partial charge in [0.2, 0.25) is 0 Å². The molecule has 2 N–H and O–H groups in total. The molecule has 1 aliphatic heterocycles. The summed E-state index contributed by atoms with van der Waals surface area (Å²) in [6.07, 6.45) is 2.49. The molecular formula is C15H21N3O3. The van der Waals surface area contributed by atoms with Gasteiger partial charge in [-0.15, -0.1) is 0 Å². The number of nitrogens with zero attached hydrogens (tertiary/aromatic N) is 2. The summed E-state index contributed by atoms with van der Waals surface area (Å²) >= 11 is 0. The number of carboxylic acid groups (broad SMARTS) is 1. The number of carbonyl (C=O) groups excluding carboxylic acids is 1. The molecule has 2 heterocycles. The number of hydrogen-bond donors (Lipinski definition) is 2. The highest BCUT2D eigenvalue weighted by atomic mass is 16.4. The molecule has 1 aliphatic rings. The Hall–Kier alpha value is -2.11. The van der Waals surface area contributed by atoms with E-state index in [1.54, 1.807) is 6.07 Å². The molecule has 2 amide bonds. The van der Waals surface area contributed by atoms with Crippen molar-refractivity contribution in [2.24, 2.45) is 11.8 Å². The van der Waals surface area contributed by atoms with E-state index in [4.69, 9.17) is 5.11 Å². The summed E-state index contributed by atoms with van der Waals surface area (Å²) in [6.45, 7) is 7.09. The molecule has 6 nitrogen and oxygen atoms in total. The van der Waals surface area contributed by atoms with E-state index < -0.39 is 5.97 Å². The van der Waals surface area contributed by atoms with Gasteiger partial charge >= 0.3 is 12.0 Å². The van der Waals surface area contributed by atoms with Gasteiger partial charge in [-0.3, -0.25) is 0 Å². The molecule has 3 atom stereocenters. The minimum atomic E-state index is -1.08. The van der Waals surface area contributed by atoms with Crippen LogP contribution in [0, 0.1) is 11.8 Å². The number of urea groups is 1. The molecule has 3 unspecified atom stereocenters. The van der Waals surface area contributed by atoms with Gasteiger partial charge in [-0.05, 0) is 37.3 Å². The molecule has 114 valence electrons. The molecular weight excluding hydrogens is 270 g/mol. The lowest BCUT2D eigenvalue weighted by Crippen LogP contribution is -2.50. The second-order valence-corrected chi connectivity index (χ2v) is 5.88. The van der Waals surface area contributed by atoms with Crippen LogP contribution in [0.3, 0.4) is 0 Å². The molecule has 6 heteroatoms. The van der Waals surface area contributed by atoms with Gasteiger partial charge in [-0.1, -0.05) is 13.8 Å². The Bertz CT molecular complexity index is 529. The summed E-state index contributed by atoms with van der Waals surface area (Å²) in [4.78, 5) is 28.7. The van der Waals surface area contributed by atoms with E-state index in [1.807, 2.05) is 4.90 Å². The first kappa shape index (κ1) is 15.3. The Morgan fingerprint density at radius 2 is 2.05 bits per heavy atom. The summed E-state index contributed by atoms with van der Waals surface area (Å²) in [6, 6.07) is 2.96. The SMILES string of the molecule is CC1CC(C)C(C)N(C(=O)Nc2ccc(C(=O)O)nc2)C1. The number of anilines is 1. The Morgan fingerprint density at radius 1 is 1.33 bits per heavy atom. The van der Waals surface area contributed by atoms with Gasteiger partial charge in [-0.2, -0.15) is 0 Å². The maximum Gasteiger partial charge on any atom is 0.354 e. The highest BCUT2D eigenvalue weighted by Crippen LogP contribution is 2.27. The zero-order valence-corrected chi connectivity index (χ0v) is 12.5. The first-order chi connectivity index (χ1) is 9.88. The molecule has 0 saturated carbocycles. The number of aromatic carboxylic acids is 1. The summed E-state index contributed by atoms with van der Waals surface area (Å²) in [5.74, 6) is -0.137. The van der Waals surface area contributed by atoms with Crippen LogP contribution < -0.4 is 5.32 Å². The van der Waals surface area contributed by atoms with Gasteiger partial charge in [0.25, 0.3) is 0 Å². The average molecular weight is 291 g/mol. The summed E-state index contributed by atoms with van der Waals surface area (Å²) in [7, 11) is 0. The number of hydrogen-bond acceptors (Lipinski definition) is 3. The van der Waals surface area contributed by atoms with Crippen molar-refractivity contribution in [1.29, 1.82) is 0 Å². The van der Waals surface area contributed by atoms with E-state index in [0.717, 1.165) is 13.0 Å². The lowest BCUT2D eigenvalue weighted by atomic mass is 9.86. The van der Waals surface area contributed by atoms with Crippen LogP contribution in [0.15, 0.2) is 18.3 Å². The lowest BCUT2D eigenvalue weighted by Gasteiger charge is -2.40. The normalized spacial score (nSPS) is 25.5. The largest absolute Gasteiger partial charge is 0.477 e. The van der Waals surface area contributed by atoms with Gasteiger partial charge in [0.15, 0.2) is 0 Å². The van der Waals surface area contributed by atoms with Crippen LogP contribution in [0.4, 0.5) is 10.5 Å². The predicted molar refractivity (Wildman–Crippen MR) is 79.3 cm³/mol. The van der Waals surface area contributed by atoms with Crippen molar-refractivity contribution in [3.63, 3.8) is 0 Å². The second-order valence-electron chi connectivity index (χ2n) is 5.88. The Morgan fingerprint density at radius 3 is 2.62 bits per heavy atom. The first-order valence-electron chi connectivity index (χ1n) is 7.15. The number of carbonyl (C=O) groups is 2. The molecule has 21 heavy (non-hydrogen) atoms. The van der Waals surface area contributed by atoms with Crippen LogP contribution in [0.5, 0.6) is 0 Å². The zero-order chi connectivity index (χ0) is 15.6. The monoisotopic (exact) mass is 291 g/mol. The Kier molecular flexibility index (Phi) is 4.45. The summed E-state index contributed by atoms with van der Waals surface area (Å²) in [5.41, 5.74) is 0.463. The third kappa shape index (κ3) is 3.51. The molecule has 2 rings (SSSR count). The van der Waals surface area contributed by atoms with E-state index in [-0.39, 0.29) is 17.8 Å². The van der Waals surface area contributed by atoms with E-state index in [2.05, 4.69) is 31.1 Å². The van der Waals surface area contributed by atoms with Gasteiger partial charge in [0, 0.05) is 12.6 Å². The van der Waals surface area contributed by atoms with Crippen LogP contribution in [0.2, 0.25) is 0 Å². The average Bonchev–Trinajstić information content (AvgIpc) is 2.43. The van der Waals surface area contributed by atoms with Crippen molar-refractivity contribution in [1.82, 2.24) is 9.88 Å². The van der Waals surface area contributed by atoms with Crippen LogP contribution in [-0.2, 0) is 0 Å². The molecule has 0 spiro atoms. The molecule has 1 aromatic rings. The molecule has 0 aromatic carbocycles. The number of amides is 2. The van der Waals surface area contributed by atoms with Crippen molar-refractivity contribution in [3.8, 4) is 0 Å². The van der Waals surface area contributed by atoms with E-state index in [9.17, 15) is 9.59 Å². The number of nitrogens with one attached hydrogen (secondary N) is 1. The molecule has 1 aromatic heterocycles. The fourth-order valence-corrected chi connectivity index (χ4v) is 2.77. The predicted octanol–water partition coefficient (Wildman–Crippen LogP) is 2.68. The summed E-state index contributed by atoms with van der Waals surface area (Å²) < 4.78 is 0. The van der Waals surface area contributed by atoms with Gasteiger partial charge in [0.05, 0.1) is 11.9 Å².